The predicted octanol–water partition coefficient (Wildman–Crippen LogP) is 2.91. The lowest BCUT2D eigenvalue weighted by atomic mass is 11.0. The molecule has 0 saturated carbocycles. The second-order valence-electron chi connectivity index (χ2n) is 0.673. The zero-order valence-corrected chi connectivity index (χ0v) is 5.51. The molecule has 0 aromatic heterocycles. The molecule has 44 valence electrons. The summed E-state index contributed by atoms with van der Waals surface area (Å²) in [4.78, 5) is -0.222. The molecule has 0 unspecified atom stereocenters. The molecule has 0 fully saturated rings. The van der Waals surface area contributed by atoms with Gasteiger partial charge in [-0.2, -0.15) is 0 Å². The number of rotatable bonds is 0. The molecular formula is C4H7Cl2F. The van der Waals surface area contributed by atoms with E-state index in [0.717, 1.165) is 0 Å². The van der Waals surface area contributed by atoms with E-state index in [0.29, 0.717) is 0 Å². The molecule has 0 spiro atoms. The van der Waals surface area contributed by atoms with Gasteiger partial charge >= 0.3 is 0 Å². The topological polar surface area (TPSA) is 0 Å². The van der Waals surface area contributed by atoms with Crippen LogP contribution in [-0.2, 0) is 0 Å². The van der Waals surface area contributed by atoms with Crippen molar-refractivity contribution >= 4 is 23.2 Å². The van der Waals surface area contributed by atoms with Crippen LogP contribution >= 0.6 is 23.2 Å². The van der Waals surface area contributed by atoms with Crippen molar-refractivity contribution in [2.75, 3.05) is 0 Å². The number of alkyl halides is 2. The first kappa shape index (κ1) is 10.3. The summed E-state index contributed by atoms with van der Waals surface area (Å²) < 4.78 is 10.1. The number of hydrogen-bond donors (Lipinski definition) is 0. The van der Waals surface area contributed by atoms with E-state index in [-0.39, 0.29) is 11.2 Å². The molecule has 0 nitrogen and oxygen atoms in total. The van der Waals surface area contributed by atoms with Gasteiger partial charge in [-0.3, -0.25) is 0 Å². The van der Waals surface area contributed by atoms with Gasteiger partial charge in [-0.05, 0) is 6.92 Å². The Labute approximate surface area is 52.9 Å². The van der Waals surface area contributed by atoms with Crippen LogP contribution in [0.25, 0.3) is 0 Å². The fourth-order valence-corrected chi connectivity index (χ4v) is 0. The van der Waals surface area contributed by atoms with Crippen LogP contribution < -0.4 is 0 Å². The summed E-state index contributed by atoms with van der Waals surface area (Å²) in [6, 6.07) is 0. The van der Waals surface area contributed by atoms with Gasteiger partial charge in [0.15, 0.2) is 0 Å². The Hall–Kier alpha value is 0.250. The first-order chi connectivity index (χ1) is 3.15. The lowest BCUT2D eigenvalue weighted by Gasteiger charge is -1.72. The molecule has 0 aliphatic rings. The fraction of sp³-hybridized carbons (Fsp3) is 0.500. The second kappa shape index (κ2) is 9.54. The largest absolute Gasteiger partial charge is 0.216 e. The van der Waals surface area contributed by atoms with E-state index in [1.54, 1.807) is 6.92 Å². The third kappa shape index (κ3) is 1810. The van der Waals surface area contributed by atoms with Crippen LogP contribution in [0.1, 0.15) is 6.92 Å². The zero-order chi connectivity index (χ0) is 6.28. The summed E-state index contributed by atoms with van der Waals surface area (Å²) in [7, 11) is 0. The van der Waals surface area contributed by atoms with Gasteiger partial charge in [-0.25, -0.2) is 4.39 Å². The minimum Gasteiger partial charge on any atom is -0.216 e. The molecule has 3 heteroatoms. The summed E-state index contributed by atoms with van der Waals surface area (Å²) in [6.07, 6.45) is 0.250. The molecule has 0 saturated heterocycles. The zero-order valence-electron chi connectivity index (χ0n) is 4.00. The van der Waals surface area contributed by atoms with Crippen LogP contribution in [0, 0.1) is 0 Å². The van der Waals surface area contributed by atoms with Crippen molar-refractivity contribution in [3.8, 4) is 0 Å². The van der Waals surface area contributed by atoms with Gasteiger partial charge in [-0.15, -0.1) is 23.2 Å². The van der Waals surface area contributed by atoms with Crippen molar-refractivity contribution < 1.29 is 4.39 Å². The van der Waals surface area contributed by atoms with E-state index >= 15 is 0 Å². The van der Waals surface area contributed by atoms with E-state index in [2.05, 4.69) is 6.58 Å². The van der Waals surface area contributed by atoms with Gasteiger partial charge < -0.3 is 0 Å². The SMILES string of the molecule is C=CF.CC(Cl)Cl. The van der Waals surface area contributed by atoms with E-state index in [4.69, 9.17) is 23.2 Å². The Bertz CT molecular complexity index is 33.9. The summed E-state index contributed by atoms with van der Waals surface area (Å²) >= 11 is 10.1. The molecule has 0 heterocycles. The van der Waals surface area contributed by atoms with Crippen LogP contribution in [0.3, 0.4) is 0 Å². The minimum absolute atomic E-state index is 0.222. The fourth-order valence-electron chi connectivity index (χ4n) is 0. The van der Waals surface area contributed by atoms with Crippen molar-refractivity contribution in [2.24, 2.45) is 0 Å². The second-order valence-corrected chi connectivity index (χ2v) is 2.21. The first-order valence-corrected chi connectivity index (χ1v) is 2.51. The monoisotopic (exact) mass is 144 g/mol. The van der Waals surface area contributed by atoms with Gasteiger partial charge in [0.2, 0.25) is 0 Å². The molecule has 0 aliphatic heterocycles. The quantitative estimate of drug-likeness (QED) is 0.459. The standard InChI is InChI=1S/C2H4Cl2.C2H3F/c1-2(3)4;1-2-3/h2H,1H3;2H,1H2. The highest BCUT2D eigenvalue weighted by molar-refractivity contribution is 6.43. The molecule has 0 aliphatic carbocycles. The van der Waals surface area contributed by atoms with Gasteiger partial charge in [0, 0.05) is 0 Å². The third-order valence-electron chi connectivity index (χ3n) is 0. The van der Waals surface area contributed by atoms with Crippen LogP contribution in [0.15, 0.2) is 12.9 Å². The Morgan fingerprint density at radius 1 is 1.71 bits per heavy atom. The van der Waals surface area contributed by atoms with Crippen LogP contribution in [0.2, 0.25) is 0 Å². The van der Waals surface area contributed by atoms with Crippen molar-refractivity contribution in [1.29, 1.82) is 0 Å². The molecule has 0 atom stereocenters. The molecule has 0 bridgehead atoms. The Kier molecular flexibility index (Phi) is 14.0. The highest BCUT2D eigenvalue weighted by atomic mass is 35.5. The lowest BCUT2D eigenvalue weighted by molar-refractivity contribution is 0.725. The Balaban J connectivity index is 0. The normalized spacial score (nSPS) is 7.00. The Morgan fingerprint density at radius 3 is 1.71 bits per heavy atom. The van der Waals surface area contributed by atoms with Crippen molar-refractivity contribution in [3.05, 3.63) is 12.9 Å². The van der Waals surface area contributed by atoms with Gasteiger partial charge in [0.05, 0.1) is 6.33 Å². The summed E-state index contributed by atoms with van der Waals surface area (Å²) in [6.45, 7) is 4.39. The summed E-state index contributed by atoms with van der Waals surface area (Å²) in [5.41, 5.74) is 0. The molecule has 0 aromatic rings. The molecular weight excluding hydrogens is 138 g/mol. The summed E-state index contributed by atoms with van der Waals surface area (Å²) in [5, 5.41) is 0. The van der Waals surface area contributed by atoms with Crippen LogP contribution in [0.5, 0.6) is 0 Å². The Morgan fingerprint density at radius 2 is 1.71 bits per heavy atom. The van der Waals surface area contributed by atoms with Gasteiger partial charge in [0.1, 0.15) is 4.84 Å². The lowest BCUT2D eigenvalue weighted by Crippen LogP contribution is -1.63. The van der Waals surface area contributed by atoms with E-state index in [9.17, 15) is 4.39 Å². The van der Waals surface area contributed by atoms with Gasteiger partial charge in [-0.1, -0.05) is 6.58 Å². The predicted molar refractivity (Wildman–Crippen MR) is 32.5 cm³/mol. The van der Waals surface area contributed by atoms with Gasteiger partial charge in [0.25, 0.3) is 0 Å². The van der Waals surface area contributed by atoms with E-state index < -0.39 is 0 Å². The van der Waals surface area contributed by atoms with E-state index in [1.165, 1.54) is 0 Å². The minimum atomic E-state index is -0.222. The average Bonchev–Trinajstić information content (AvgIpc) is 1.33. The molecule has 0 rings (SSSR count). The number of hydrogen-bond acceptors (Lipinski definition) is 0. The smallest absolute Gasteiger partial charge is 0.105 e. The molecule has 7 heavy (non-hydrogen) atoms. The summed E-state index contributed by atoms with van der Waals surface area (Å²) in [5.74, 6) is 0. The van der Waals surface area contributed by atoms with Crippen molar-refractivity contribution in [2.45, 2.75) is 11.8 Å². The van der Waals surface area contributed by atoms with E-state index in [1.807, 2.05) is 0 Å². The molecule has 0 amide bonds. The van der Waals surface area contributed by atoms with Crippen LogP contribution in [-0.4, -0.2) is 4.84 Å². The molecule has 0 N–H and O–H groups in total. The number of halogens is 3. The third-order valence-corrected chi connectivity index (χ3v) is 0. The maximum absolute atomic E-state index is 10.1. The highest BCUT2D eigenvalue weighted by Gasteiger charge is 1.75. The average molecular weight is 145 g/mol. The van der Waals surface area contributed by atoms with Crippen molar-refractivity contribution in [3.63, 3.8) is 0 Å². The van der Waals surface area contributed by atoms with Crippen LogP contribution in [0.4, 0.5) is 4.39 Å². The highest BCUT2D eigenvalue weighted by Crippen LogP contribution is 1.95. The maximum atomic E-state index is 10.1. The molecule has 0 radical (unpaired) electrons. The first-order valence-electron chi connectivity index (χ1n) is 1.64. The maximum Gasteiger partial charge on any atom is 0.105 e. The van der Waals surface area contributed by atoms with Crippen molar-refractivity contribution in [1.82, 2.24) is 0 Å². The molecule has 0 aromatic carbocycles.